The van der Waals surface area contributed by atoms with Crippen molar-refractivity contribution in [1.82, 2.24) is 9.80 Å². The molecule has 0 fully saturated rings. The molecule has 0 unspecified atom stereocenters. The summed E-state index contributed by atoms with van der Waals surface area (Å²) in [5.74, 6) is 0.973. The highest BCUT2D eigenvalue weighted by molar-refractivity contribution is 5.44. The lowest BCUT2D eigenvalue weighted by atomic mass is 9.95. The molecule has 0 atom stereocenters. The average Bonchev–Trinajstić information content (AvgIpc) is 3.04. The number of rotatable bonds is 8. The number of hydrogen-bond donors (Lipinski definition) is 0. The molecule has 2 heteroatoms. The summed E-state index contributed by atoms with van der Waals surface area (Å²) in [6, 6.07) is 0. The lowest BCUT2D eigenvalue weighted by Crippen LogP contribution is -2.33. The van der Waals surface area contributed by atoms with Gasteiger partial charge in [-0.3, -0.25) is 0 Å². The van der Waals surface area contributed by atoms with Crippen molar-refractivity contribution in [2.45, 2.75) is 53.9 Å². The third-order valence-electron chi connectivity index (χ3n) is 5.44. The van der Waals surface area contributed by atoms with Crippen molar-refractivity contribution in [3.63, 3.8) is 0 Å². The molecule has 0 aromatic carbocycles. The summed E-state index contributed by atoms with van der Waals surface area (Å²) in [6.07, 6.45) is 21.0. The van der Waals surface area contributed by atoms with Gasteiger partial charge in [-0.2, -0.15) is 0 Å². The molecule has 0 saturated heterocycles. The number of hydrogen-bond acceptors (Lipinski definition) is 2. The second kappa shape index (κ2) is 10.4. The molecular weight excluding hydrogens is 340 g/mol. The normalized spacial score (nSPS) is 17.2. The van der Waals surface area contributed by atoms with E-state index in [1.54, 1.807) is 0 Å². The van der Waals surface area contributed by atoms with Crippen LogP contribution >= 0.6 is 0 Å². The first-order valence-corrected chi connectivity index (χ1v) is 10.7. The zero-order chi connectivity index (χ0) is 20.7. The highest BCUT2D eigenvalue weighted by Gasteiger charge is 2.21. The van der Waals surface area contributed by atoms with Gasteiger partial charge in [0.1, 0.15) is 0 Å². The maximum atomic E-state index is 4.17. The van der Waals surface area contributed by atoms with Gasteiger partial charge in [-0.05, 0) is 60.1 Å². The monoisotopic (exact) mass is 378 g/mol. The summed E-state index contributed by atoms with van der Waals surface area (Å²) in [5.41, 5.74) is 6.85. The molecular formula is C26H38N2. The fourth-order valence-corrected chi connectivity index (χ4v) is 3.93. The van der Waals surface area contributed by atoms with Crippen LogP contribution in [-0.2, 0) is 0 Å². The lowest BCUT2D eigenvalue weighted by molar-refractivity contribution is 0.281. The van der Waals surface area contributed by atoms with Gasteiger partial charge < -0.3 is 9.80 Å². The highest BCUT2D eigenvalue weighted by Crippen LogP contribution is 2.32. The Labute approximate surface area is 173 Å². The zero-order valence-electron chi connectivity index (χ0n) is 18.7. The summed E-state index contributed by atoms with van der Waals surface area (Å²) < 4.78 is 0. The molecule has 0 heterocycles. The second-order valence-corrected chi connectivity index (χ2v) is 8.20. The SMILES string of the molecule is C=CN(CN(C)C1=CC=CCC=C1C(C)C)C1=C(C(C)C)C=CCC=C1CC. The van der Waals surface area contributed by atoms with Crippen molar-refractivity contribution in [3.8, 4) is 0 Å². The second-order valence-electron chi connectivity index (χ2n) is 8.20. The van der Waals surface area contributed by atoms with Gasteiger partial charge in [0.2, 0.25) is 0 Å². The Balaban J connectivity index is 2.41. The van der Waals surface area contributed by atoms with Crippen molar-refractivity contribution < 1.29 is 0 Å². The molecule has 152 valence electrons. The minimum Gasteiger partial charge on any atom is -0.356 e. The summed E-state index contributed by atoms with van der Waals surface area (Å²) in [7, 11) is 2.19. The Bertz CT molecular complexity index is 738. The average molecular weight is 379 g/mol. The fourth-order valence-electron chi connectivity index (χ4n) is 3.93. The van der Waals surface area contributed by atoms with Gasteiger partial charge in [0.25, 0.3) is 0 Å². The van der Waals surface area contributed by atoms with Gasteiger partial charge in [0.15, 0.2) is 0 Å². The van der Waals surface area contributed by atoms with E-state index in [0.717, 1.165) is 25.9 Å². The van der Waals surface area contributed by atoms with Gasteiger partial charge in [-0.15, -0.1) is 0 Å². The Hall–Kier alpha value is -2.22. The fraction of sp³-hybridized carbons (Fsp3) is 0.462. The summed E-state index contributed by atoms with van der Waals surface area (Å²) in [5, 5.41) is 0. The number of nitrogens with zero attached hydrogens (tertiary/aromatic N) is 2. The number of likely N-dealkylation sites (N-methyl/N-ethyl adjacent to an activating group) is 1. The lowest BCUT2D eigenvalue weighted by Gasteiger charge is -2.35. The van der Waals surface area contributed by atoms with Crippen LogP contribution in [0.5, 0.6) is 0 Å². The molecule has 0 bridgehead atoms. The van der Waals surface area contributed by atoms with E-state index in [0.29, 0.717) is 11.8 Å². The topological polar surface area (TPSA) is 6.48 Å². The minimum atomic E-state index is 0.471. The van der Waals surface area contributed by atoms with Gasteiger partial charge >= 0.3 is 0 Å². The summed E-state index contributed by atoms with van der Waals surface area (Å²) in [4.78, 5) is 4.68. The molecule has 2 nitrogen and oxygen atoms in total. The van der Waals surface area contributed by atoms with Crippen LogP contribution in [-0.4, -0.2) is 23.5 Å². The maximum Gasteiger partial charge on any atom is 0.0942 e. The highest BCUT2D eigenvalue weighted by atomic mass is 15.3. The Morgan fingerprint density at radius 2 is 1.79 bits per heavy atom. The molecule has 0 aromatic heterocycles. The molecule has 0 aliphatic heterocycles. The van der Waals surface area contributed by atoms with Gasteiger partial charge in [-0.25, -0.2) is 0 Å². The van der Waals surface area contributed by atoms with Crippen LogP contribution in [0.25, 0.3) is 0 Å². The molecule has 28 heavy (non-hydrogen) atoms. The predicted molar refractivity (Wildman–Crippen MR) is 123 cm³/mol. The van der Waals surface area contributed by atoms with Crippen LogP contribution in [0.3, 0.4) is 0 Å². The predicted octanol–water partition coefficient (Wildman–Crippen LogP) is 6.95. The van der Waals surface area contributed by atoms with Crippen LogP contribution in [0.4, 0.5) is 0 Å². The van der Waals surface area contributed by atoms with Crippen LogP contribution in [0.15, 0.2) is 83.4 Å². The van der Waals surface area contributed by atoms with Crippen LogP contribution in [0, 0.1) is 11.8 Å². The van der Waals surface area contributed by atoms with Crippen molar-refractivity contribution in [3.05, 3.63) is 83.4 Å². The van der Waals surface area contributed by atoms with Crippen molar-refractivity contribution in [1.29, 1.82) is 0 Å². The van der Waals surface area contributed by atoms with Crippen LogP contribution in [0.1, 0.15) is 53.9 Å². The quantitative estimate of drug-likeness (QED) is 0.421. The third-order valence-corrected chi connectivity index (χ3v) is 5.44. The first-order chi connectivity index (χ1) is 13.4. The van der Waals surface area contributed by atoms with E-state index >= 15 is 0 Å². The van der Waals surface area contributed by atoms with Gasteiger partial charge in [-0.1, -0.05) is 77.7 Å². The molecule has 2 rings (SSSR count). The molecule has 0 aromatic rings. The third kappa shape index (κ3) is 5.19. The first kappa shape index (κ1) is 22.1. The zero-order valence-corrected chi connectivity index (χ0v) is 18.7. The van der Waals surface area contributed by atoms with E-state index in [2.05, 4.69) is 101 Å². The van der Waals surface area contributed by atoms with Gasteiger partial charge in [0, 0.05) is 18.4 Å². The molecule has 0 N–H and O–H groups in total. The van der Waals surface area contributed by atoms with E-state index in [-0.39, 0.29) is 0 Å². The standard InChI is InChI=1S/C26H38N2/c1-8-22-15-13-14-17-24(21(5)6)26(22)28(9-2)19-27(7)25-18-12-10-11-16-23(25)20(3)4/h9-10,12,14-18,20-21H,2,8,11,13,19H2,1,3-7H3. The van der Waals surface area contributed by atoms with E-state index in [9.17, 15) is 0 Å². The Morgan fingerprint density at radius 3 is 2.39 bits per heavy atom. The van der Waals surface area contributed by atoms with Crippen molar-refractivity contribution in [2.24, 2.45) is 11.8 Å². The van der Waals surface area contributed by atoms with Crippen LogP contribution in [0.2, 0.25) is 0 Å². The Morgan fingerprint density at radius 1 is 1.07 bits per heavy atom. The smallest absolute Gasteiger partial charge is 0.0942 e. The van der Waals surface area contributed by atoms with Gasteiger partial charge in [0.05, 0.1) is 6.67 Å². The largest absolute Gasteiger partial charge is 0.356 e. The first-order valence-electron chi connectivity index (χ1n) is 10.7. The van der Waals surface area contributed by atoms with Crippen molar-refractivity contribution in [2.75, 3.05) is 13.7 Å². The molecule has 0 radical (unpaired) electrons. The molecule has 2 aliphatic rings. The van der Waals surface area contributed by atoms with E-state index in [1.165, 1.54) is 28.1 Å². The van der Waals surface area contributed by atoms with Crippen LogP contribution < -0.4 is 0 Å². The van der Waals surface area contributed by atoms with Crippen molar-refractivity contribution >= 4 is 0 Å². The minimum absolute atomic E-state index is 0.471. The maximum absolute atomic E-state index is 4.17. The summed E-state index contributed by atoms with van der Waals surface area (Å²) >= 11 is 0. The number of allylic oxidation sites excluding steroid dienone is 10. The molecule has 0 saturated carbocycles. The van der Waals surface area contributed by atoms with E-state index < -0.39 is 0 Å². The molecule has 2 aliphatic carbocycles. The summed E-state index contributed by atoms with van der Waals surface area (Å²) in [6.45, 7) is 16.3. The molecule has 0 amide bonds. The van der Waals surface area contributed by atoms with E-state index in [4.69, 9.17) is 0 Å². The molecule has 0 spiro atoms. The van der Waals surface area contributed by atoms with E-state index in [1.807, 2.05) is 6.20 Å². The Kier molecular flexibility index (Phi) is 8.17.